The molecule has 0 aliphatic carbocycles. The van der Waals surface area contributed by atoms with Gasteiger partial charge in [0.15, 0.2) is 0 Å². The number of benzene rings is 2. The number of carbonyl (C=O) groups is 1. The second-order valence-corrected chi connectivity index (χ2v) is 6.09. The van der Waals surface area contributed by atoms with Gasteiger partial charge in [-0.05, 0) is 43.7 Å². The predicted octanol–water partition coefficient (Wildman–Crippen LogP) is 4.37. The van der Waals surface area contributed by atoms with Crippen LogP contribution in [0.2, 0.25) is 0 Å². The van der Waals surface area contributed by atoms with Crippen molar-refractivity contribution in [3.8, 4) is 0 Å². The van der Waals surface area contributed by atoms with E-state index in [0.29, 0.717) is 12.2 Å². The maximum atomic E-state index is 12.2. The van der Waals surface area contributed by atoms with Gasteiger partial charge in [-0.15, -0.1) is 0 Å². The Morgan fingerprint density at radius 3 is 2.04 bits per heavy atom. The zero-order valence-electron chi connectivity index (χ0n) is 14.4. The normalized spacial score (nSPS) is 10.3. The first-order chi connectivity index (χ1) is 12.1. The lowest BCUT2D eigenvalue weighted by molar-refractivity contribution is 0.0946. The number of amides is 1. The van der Waals surface area contributed by atoms with E-state index < -0.39 is 0 Å². The first-order valence-electron chi connectivity index (χ1n) is 8.24. The number of anilines is 2. The van der Waals surface area contributed by atoms with Crippen LogP contribution >= 0.6 is 0 Å². The summed E-state index contributed by atoms with van der Waals surface area (Å²) in [5.74, 6) is -0.178. The van der Waals surface area contributed by atoms with Crippen molar-refractivity contribution >= 4 is 17.3 Å². The van der Waals surface area contributed by atoms with Gasteiger partial charge in [-0.25, -0.2) is 4.98 Å². The third-order valence-corrected chi connectivity index (χ3v) is 3.91. The van der Waals surface area contributed by atoms with Crippen LogP contribution in [-0.4, -0.2) is 10.9 Å². The predicted molar refractivity (Wildman–Crippen MR) is 101 cm³/mol. The number of hydrogen-bond acceptors (Lipinski definition) is 3. The van der Waals surface area contributed by atoms with Gasteiger partial charge in [-0.3, -0.25) is 4.79 Å². The van der Waals surface area contributed by atoms with E-state index >= 15 is 0 Å². The van der Waals surface area contributed by atoms with Crippen molar-refractivity contribution in [2.75, 3.05) is 5.32 Å². The minimum absolute atomic E-state index is 0.178. The molecule has 0 radical (unpaired) electrons. The zero-order valence-corrected chi connectivity index (χ0v) is 14.4. The van der Waals surface area contributed by atoms with Crippen molar-refractivity contribution < 1.29 is 4.79 Å². The van der Waals surface area contributed by atoms with E-state index in [-0.39, 0.29) is 5.91 Å². The molecule has 25 heavy (non-hydrogen) atoms. The van der Waals surface area contributed by atoms with Gasteiger partial charge in [0.2, 0.25) is 0 Å². The average Bonchev–Trinajstić information content (AvgIpc) is 2.63. The first-order valence-corrected chi connectivity index (χ1v) is 8.24. The van der Waals surface area contributed by atoms with Gasteiger partial charge >= 0.3 is 0 Å². The number of carbonyl (C=O) groups excluding carboxylic acids is 1. The van der Waals surface area contributed by atoms with Crippen molar-refractivity contribution in [3.63, 3.8) is 0 Å². The highest BCUT2D eigenvalue weighted by Gasteiger charge is 2.07. The van der Waals surface area contributed by atoms with Gasteiger partial charge < -0.3 is 10.6 Å². The Kier molecular flexibility index (Phi) is 5.09. The molecule has 1 heterocycles. The number of nitrogens with zero attached hydrogens (tertiary/aromatic N) is 1. The van der Waals surface area contributed by atoms with Crippen molar-refractivity contribution in [1.82, 2.24) is 10.3 Å². The van der Waals surface area contributed by atoms with Crippen LogP contribution in [0.4, 0.5) is 11.4 Å². The molecule has 0 saturated carbocycles. The summed E-state index contributed by atoms with van der Waals surface area (Å²) in [6.45, 7) is 4.58. The van der Waals surface area contributed by atoms with Crippen LogP contribution < -0.4 is 10.6 Å². The molecule has 0 atom stereocenters. The summed E-state index contributed by atoms with van der Waals surface area (Å²) < 4.78 is 0. The molecule has 0 spiro atoms. The van der Waals surface area contributed by atoms with Crippen molar-refractivity contribution in [3.05, 3.63) is 89.2 Å². The molecule has 4 nitrogen and oxygen atoms in total. The highest BCUT2D eigenvalue weighted by atomic mass is 16.1. The van der Waals surface area contributed by atoms with Crippen LogP contribution in [0.25, 0.3) is 0 Å². The molecule has 3 aromatic rings. The fourth-order valence-corrected chi connectivity index (χ4v) is 2.38. The van der Waals surface area contributed by atoms with E-state index in [9.17, 15) is 4.79 Å². The maximum Gasteiger partial charge on any atom is 0.270 e. The molecule has 126 valence electrons. The zero-order chi connectivity index (χ0) is 17.6. The number of aromatic nitrogens is 1. The number of aryl methyl sites for hydroxylation is 2. The first kappa shape index (κ1) is 16.7. The lowest BCUT2D eigenvalue weighted by Crippen LogP contribution is -2.23. The van der Waals surface area contributed by atoms with E-state index in [4.69, 9.17) is 0 Å². The summed E-state index contributed by atoms with van der Waals surface area (Å²) in [4.78, 5) is 16.4. The second kappa shape index (κ2) is 7.62. The Balaban J connectivity index is 1.58. The van der Waals surface area contributed by atoms with Crippen LogP contribution in [0.3, 0.4) is 0 Å². The minimum Gasteiger partial charge on any atom is -0.354 e. The summed E-state index contributed by atoms with van der Waals surface area (Å²) in [5, 5.41) is 6.15. The summed E-state index contributed by atoms with van der Waals surface area (Å²) in [6, 6.07) is 19.8. The minimum atomic E-state index is -0.178. The molecule has 2 aromatic carbocycles. The molecule has 3 rings (SSSR count). The number of rotatable bonds is 5. The van der Waals surface area contributed by atoms with Gasteiger partial charge in [-0.1, -0.05) is 47.5 Å². The second-order valence-electron chi connectivity index (χ2n) is 6.09. The Hall–Kier alpha value is -3.14. The Bertz CT molecular complexity index is 838. The highest BCUT2D eigenvalue weighted by molar-refractivity contribution is 5.92. The van der Waals surface area contributed by atoms with E-state index in [1.54, 1.807) is 12.3 Å². The smallest absolute Gasteiger partial charge is 0.270 e. The third-order valence-electron chi connectivity index (χ3n) is 3.91. The van der Waals surface area contributed by atoms with Crippen LogP contribution in [0.5, 0.6) is 0 Å². The largest absolute Gasteiger partial charge is 0.354 e. The molecule has 2 N–H and O–H groups in total. The summed E-state index contributed by atoms with van der Waals surface area (Å²) in [5.41, 5.74) is 5.72. The van der Waals surface area contributed by atoms with E-state index in [2.05, 4.69) is 22.5 Å². The standard InChI is InChI=1S/C21H21N3O/c1-15-3-7-17(8-4-15)13-23-21(25)20-12-11-19(14-22-20)24-18-9-5-16(2)6-10-18/h3-12,14,24H,13H2,1-2H3,(H,23,25). The molecule has 1 amide bonds. The molecular formula is C21H21N3O. The monoisotopic (exact) mass is 331 g/mol. The molecule has 1 aromatic heterocycles. The van der Waals surface area contributed by atoms with Crippen molar-refractivity contribution in [2.24, 2.45) is 0 Å². The van der Waals surface area contributed by atoms with E-state index in [0.717, 1.165) is 16.9 Å². The lowest BCUT2D eigenvalue weighted by atomic mass is 10.1. The van der Waals surface area contributed by atoms with Crippen LogP contribution in [0.1, 0.15) is 27.2 Å². The molecule has 4 heteroatoms. The van der Waals surface area contributed by atoms with Crippen LogP contribution in [0, 0.1) is 13.8 Å². The molecule has 0 fully saturated rings. The molecule has 0 bridgehead atoms. The number of hydrogen-bond donors (Lipinski definition) is 2. The molecule has 0 unspecified atom stereocenters. The van der Waals surface area contributed by atoms with Crippen LogP contribution in [-0.2, 0) is 6.54 Å². The molecule has 0 aliphatic heterocycles. The fourth-order valence-electron chi connectivity index (χ4n) is 2.38. The van der Waals surface area contributed by atoms with Crippen molar-refractivity contribution in [2.45, 2.75) is 20.4 Å². The Morgan fingerprint density at radius 2 is 1.44 bits per heavy atom. The van der Waals surface area contributed by atoms with E-state index in [1.165, 1.54) is 11.1 Å². The quantitative estimate of drug-likeness (QED) is 0.730. The van der Waals surface area contributed by atoms with Gasteiger partial charge in [-0.2, -0.15) is 0 Å². The van der Waals surface area contributed by atoms with Gasteiger partial charge in [0.05, 0.1) is 11.9 Å². The van der Waals surface area contributed by atoms with Gasteiger partial charge in [0.25, 0.3) is 5.91 Å². The average molecular weight is 331 g/mol. The Labute approximate surface area is 147 Å². The molecule has 0 aliphatic rings. The molecular weight excluding hydrogens is 310 g/mol. The lowest BCUT2D eigenvalue weighted by Gasteiger charge is -2.08. The van der Waals surface area contributed by atoms with E-state index in [1.807, 2.05) is 61.5 Å². The topological polar surface area (TPSA) is 54.0 Å². The maximum absolute atomic E-state index is 12.2. The summed E-state index contributed by atoms with van der Waals surface area (Å²) >= 11 is 0. The summed E-state index contributed by atoms with van der Waals surface area (Å²) in [7, 11) is 0. The SMILES string of the molecule is Cc1ccc(CNC(=O)c2ccc(Nc3ccc(C)cc3)cn2)cc1. The Morgan fingerprint density at radius 1 is 0.840 bits per heavy atom. The number of pyridine rings is 1. The fraction of sp³-hybridized carbons (Fsp3) is 0.143. The third kappa shape index (κ3) is 4.67. The van der Waals surface area contributed by atoms with Gasteiger partial charge in [0.1, 0.15) is 5.69 Å². The number of nitrogens with one attached hydrogen (secondary N) is 2. The molecule has 0 saturated heterocycles. The van der Waals surface area contributed by atoms with Gasteiger partial charge in [0, 0.05) is 12.2 Å². The van der Waals surface area contributed by atoms with Crippen LogP contribution in [0.15, 0.2) is 66.9 Å². The van der Waals surface area contributed by atoms with Crippen molar-refractivity contribution in [1.29, 1.82) is 0 Å². The highest BCUT2D eigenvalue weighted by Crippen LogP contribution is 2.16. The summed E-state index contributed by atoms with van der Waals surface area (Å²) in [6.07, 6.45) is 1.67.